The zero-order valence-corrected chi connectivity index (χ0v) is 20.0. The lowest BCUT2D eigenvalue weighted by molar-refractivity contribution is -0.115. The predicted molar refractivity (Wildman–Crippen MR) is 146 cm³/mol. The van der Waals surface area contributed by atoms with Gasteiger partial charge in [-0.1, -0.05) is 84.9 Å². The highest BCUT2D eigenvalue weighted by atomic mass is 32.1. The van der Waals surface area contributed by atoms with E-state index in [0.29, 0.717) is 11.3 Å². The van der Waals surface area contributed by atoms with E-state index < -0.39 is 0 Å². The molecule has 2 amide bonds. The molecular formula is C29H25N3O2S. The van der Waals surface area contributed by atoms with Gasteiger partial charge in [0.25, 0.3) is 5.91 Å². The van der Waals surface area contributed by atoms with Crippen LogP contribution in [0, 0.1) is 0 Å². The number of anilines is 1. The Morgan fingerprint density at radius 3 is 2.34 bits per heavy atom. The summed E-state index contributed by atoms with van der Waals surface area (Å²) in [6.45, 7) is 1.93. The van der Waals surface area contributed by atoms with E-state index in [2.05, 4.69) is 16.0 Å². The number of hydrogen-bond donors (Lipinski definition) is 3. The highest BCUT2D eigenvalue weighted by Gasteiger charge is 2.15. The molecule has 0 saturated heterocycles. The summed E-state index contributed by atoms with van der Waals surface area (Å²) in [7, 11) is 0. The molecule has 0 aliphatic carbocycles. The minimum atomic E-state index is -0.366. The Hall–Kier alpha value is -4.29. The van der Waals surface area contributed by atoms with E-state index in [1.807, 2.05) is 79.7 Å². The average molecular weight is 480 g/mol. The van der Waals surface area contributed by atoms with E-state index in [0.717, 1.165) is 21.9 Å². The molecule has 0 aliphatic rings. The molecule has 4 rings (SSSR count). The molecule has 0 radical (unpaired) electrons. The van der Waals surface area contributed by atoms with Crippen LogP contribution in [-0.2, 0) is 4.79 Å². The molecule has 174 valence electrons. The van der Waals surface area contributed by atoms with Gasteiger partial charge >= 0.3 is 0 Å². The molecule has 4 aromatic carbocycles. The number of para-hydroxylation sites is 1. The van der Waals surface area contributed by atoms with Crippen LogP contribution in [0.15, 0.2) is 103 Å². The first-order valence-corrected chi connectivity index (χ1v) is 11.6. The molecular weight excluding hydrogens is 454 g/mol. The third-order valence-corrected chi connectivity index (χ3v) is 5.75. The minimum absolute atomic E-state index is 0.105. The van der Waals surface area contributed by atoms with Crippen LogP contribution < -0.4 is 16.0 Å². The van der Waals surface area contributed by atoms with Gasteiger partial charge in [-0.2, -0.15) is 0 Å². The molecule has 5 nitrogen and oxygen atoms in total. The van der Waals surface area contributed by atoms with Gasteiger partial charge in [-0.25, -0.2) is 0 Å². The molecule has 6 heteroatoms. The Balaban J connectivity index is 1.40. The van der Waals surface area contributed by atoms with Crippen molar-refractivity contribution in [2.75, 3.05) is 5.32 Å². The highest BCUT2D eigenvalue weighted by Crippen LogP contribution is 2.20. The quantitative estimate of drug-likeness (QED) is 0.239. The first-order chi connectivity index (χ1) is 17.0. The molecule has 0 fully saturated rings. The highest BCUT2D eigenvalue weighted by molar-refractivity contribution is 7.80. The first-order valence-electron chi connectivity index (χ1n) is 11.2. The molecule has 3 N–H and O–H groups in total. The summed E-state index contributed by atoms with van der Waals surface area (Å²) in [6, 6.07) is 30.5. The molecule has 1 unspecified atom stereocenters. The summed E-state index contributed by atoms with van der Waals surface area (Å²) < 4.78 is 0. The SMILES string of the molecule is CC(NC(=O)c1ccccc1NC(=S)NC(=O)C=Cc1cccc2ccccc12)c1ccccc1. The number of carbonyl (C=O) groups is 2. The summed E-state index contributed by atoms with van der Waals surface area (Å²) in [4.78, 5) is 25.4. The van der Waals surface area contributed by atoms with Crippen molar-refractivity contribution in [3.63, 3.8) is 0 Å². The normalized spacial score (nSPS) is 11.7. The number of fused-ring (bicyclic) bond motifs is 1. The maximum Gasteiger partial charge on any atom is 0.253 e. The zero-order valence-electron chi connectivity index (χ0n) is 19.2. The average Bonchev–Trinajstić information content (AvgIpc) is 2.88. The maximum absolute atomic E-state index is 12.9. The fourth-order valence-electron chi connectivity index (χ4n) is 3.76. The summed E-state index contributed by atoms with van der Waals surface area (Å²) in [6.07, 6.45) is 3.20. The standard InChI is InChI=1S/C29H25N3O2S/c1-20(21-10-3-2-4-11-21)30-28(34)25-16-7-8-17-26(25)31-29(35)32-27(33)19-18-23-14-9-13-22-12-5-6-15-24(22)23/h2-20H,1H3,(H,30,34)(H2,31,32,33,35). The lowest BCUT2D eigenvalue weighted by Gasteiger charge is -2.17. The van der Waals surface area contributed by atoms with Crippen molar-refractivity contribution in [3.8, 4) is 0 Å². The van der Waals surface area contributed by atoms with E-state index in [4.69, 9.17) is 12.2 Å². The van der Waals surface area contributed by atoms with Crippen LogP contribution in [0.25, 0.3) is 16.8 Å². The number of carbonyl (C=O) groups excluding carboxylic acids is 2. The topological polar surface area (TPSA) is 70.2 Å². The molecule has 0 spiro atoms. The van der Waals surface area contributed by atoms with Gasteiger partial charge in [0.1, 0.15) is 0 Å². The van der Waals surface area contributed by atoms with Crippen molar-refractivity contribution in [1.82, 2.24) is 10.6 Å². The van der Waals surface area contributed by atoms with E-state index >= 15 is 0 Å². The van der Waals surface area contributed by atoms with Crippen LogP contribution in [-0.4, -0.2) is 16.9 Å². The number of benzene rings is 4. The summed E-state index contributed by atoms with van der Waals surface area (Å²) in [5.41, 5.74) is 2.88. The predicted octanol–water partition coefficient (Wildman–Crippen LogP) is 5.86. The van der Waals surface area contributed by atoms with Crippen molar-refractivity contribution in [2.45, 2.75) is 13.0 Å². The fourth-order valence-corrected chi connectivity index (χ4v) is 3.97. The maximum atomic E-state index is 12.9. The van der Waals surface area contributed by atoms with E-state index in [1.165, 1.54) is 6.08 Å². The van der Waals surface area contributed by atoms with Crippen molar-refractivity contribution < 1.29 is 9.59 Å². The van der Waals surface area contributed by atoms with Crippen LogP contribution in [0.5, 0.6) is 0 Å². The van der Waals surface area contributed by atoms with Gasteiger partial charge < -0.3 is 10.6 Å². The monoisotopic (exact) mass is 479 g/mol. The number of amides is 2. The van der Waals surface area contributed by atoms with Gasteiger partial charge in [0.15, 0.2) is 5.11 Å². The third-order valence-electron chi connectivity index (χ3n) is 5.54. The van der Waals surface area contributed by atoms with Crippen molar-refractivity contribution in [3.05, 3.63) is 120 Å². The number of nitrogens with one attached hydrogen (secondary N) is 3. The molecule has 0 saturated carbocycles. The molecule has 0 bridgehead atoms. The second-order valence-corrected chi connectivity index (χ2v) is 8.40. The second-order valence-electron chi connectivity index (χ2n) is 8.00. The molecule has 1 atom stereocenters. The lowest BCUT2D eigenvalue weighted by atomic mass is 10.0. The largest absolute Gasteiger partial charge is 0.345 e. The number of hydrogen-bond acceptors (Lipinski definition) is 3. The van der Waals surface area contributed by atoms with Gasteiger partial charge in [0.05, 0.1) is 17.3 Å². The molecule has 4 aromatic rings. The third kappa shape index (κ3) is 6.19. The Bertz CT molecular complexity index is 1390. The van der Waals surface area contributed by atoms with E-state index in [9.17, 15) is 9.59 Å². The molecule has 35 heavy (non-hydrogen) atoms. The smallest absolute Gasteiger partial charge is 0.253 e. The first kappa shape index (κ1) is 23.9. The Morgan fingerprint density at radius 2 is 1.51 bits per heavy atom. The fraction of sp³-hybridized carbons (Fsp3) is 0.0690. The van der Waals surface area contributed by atoms with Gasteiger partial charge in [0, 0.05) is 6.08 Å². The summed E-state index contributed by atoms with van der Waals surface area (Å²) >= 11 is 5.32. The van der Waals surface area contributed by atoms with Crippen LogP contribution in [0.2, 0.25) is 0 Å². The van der Waals surface area contributed by atoms with Gasteiger partial charge in [0.2, 0.25) is 5.91 Å². The van der Waals surface area contributed by atoms with Gasteiger partial charge in [-0.3, -0.25) is 14.9 Å². The van der Waals surface area contributed by atoms with Crippen LogP contribution in [0.1, 0.15) is 34.5 Å². The van der Waals surface area contributed by atoms with Crippen LogP contribution in [0.3, 0.4) is 0 Å². The molecule has 0 heterocycles. The second kappa shape index (κ2) is 11.2. The summed E-state index contributed by atoms with van der Waals surface area (Å²) in [5, 5.41) is 10.9. The Morgan fingerprint density at radius 1 is 0.829 bits per heavy atom. The van der Waals surface area contributed by atoms with Crippen LogP contribution >= 0.6 is 12.2 Å². The Labute approximate surface area is 209 Å². The van der Waals surface area contributed by atoms with Gasteiger partial charge in [-0.05, 0) is 59.2 Å². The Kier molecular flexibility index (Phi) is 7.65. The minimum Gasteiger partial charge on any atom is -0.345 e. The van der Waals surface area contributed by atoms with Gasteiger partial charge in [-0.15, -0.1) is 0 Å². The number of thiocarbonyl (C=S) groups is 1. The van der Waals surface area contributed by atoms with Crippen LogP contribution in [0.4, 0.5) is 5.69 Å². The van der Waals surface area contributed by atoms with E-state index in [-0.39, 0.29) is 23.0 Å². The zero-order chi connectivity index (χ0) is 24.6. The van der Waals surface area contributed by atoms with Crippen molar-refractivity contribution in [2.24, 2.45) is 0 Å². The lowest BCUT2D eigenvalue weighted by Crippen LogP contribution is -2.34. The molecule has 0 aromatic heterocycles. The molecule has 0 aliphatic heterocycles. The number of rotatable bonds is 6. The van der Waals surface area contributed by atoms with Crippen molar-refractivity contribution in [1.29, 1.82) is 0 Å². The van der Waals surface area contributed by atoms with E-state index in [1.54, 1.807) is 30.3 Å². The summed E-state index contributed by atoms with van der Waals surface area (Å²) in [5.74, 6) is -0.607. The van der Waals surface area contributed by atoms with Crippen molar-refractivity contribution >= 4 is 51.7 Å².